The van der Waals surface area contributed by atoms with Gasteiger partial charge in [0.25, 0.3) is 0 Å². The van der Waals surface area contributed by atoms with Crippen LogP contribution in [0.25, 0.3) is 0 Å². The van der Waals surface area contributed by atoms with Crippen LogP contribution >= 0.6 is 7.26 Å². The summed E-state index contributed by atoms with van der Waals surface area (Å²) in [5.41, 5.74) is 2.80. The second-order valence-electron chi connectivity index (χ2n) is 9.45. The Labute approximate surface area is 209 Å². The molecule has 0 saturated carbocycles. The fourth-order valence-corrected chi connectivity index (χ4v) is 10.2. The summed E-state index contributed by atoms with van der Waals surface area (Å²) in [4.78, 5) is 0. The van der Waals surface area contributed by atoms with Gasteiger partial charge in [-0.2, -0.15) is 0 Å². The molecular formula is C31H35O3P. The summed E-state index contributed by atoms with van der Waals surface area (Å²) in [6.07, 6.45) is 1.04. The molecule has 0 aliphatic carbocycles. The Morgan fingerprint density at radius 3 is 1.43 bits per heavy atom. The van der Waals surface area contributed by atoms with E-state index < -0.39 is 13.4 Å². The van der Waals surface area contributed by atoms with Crippen molar-refractivity contribution >= 4 is 23.2 Å². The Kier molecular flexibility index (Phi) is 7.60. The quantitative estimate of drug-likeness (QED) is 0.242. The van der Waals surface area contributed by atoms with Crippen LogP contribution in [0.3, 0.4) is 0 Å². The second kappa shape index (κ2) is 10.6. The minimum absolute atomic E-state index is 0.225. The predicted molar refractivity (Wildman–Crippen MR) is 150 cm³/mol. The van der Waals surface area contributed by atoms with E-state index in [1.807, 2.05) is 39.0 Å². The molecule has 0 heterocycles. The maximum atomic E-state index is 11.5. The van der Waals surface area contributed by atoms with Crippen LogP contribution in [0.4, 0.5) is 0 Å². The van der Waals surface area contributed by atoms with E-state index in [4.69, 9.17) is 0 Å². The molecule has 35 heavy (non-hydrogen) atoms. The van der Waals surface area contributed by atoms with E-state index in [0.29, 0.717) is 35.7 Å². The third-order valence-electron chi connectivity index (χ3n) is 7.44. The number of aromatic hydroxyl groups is 2. The van der Waals surface area contributed by atoms with Gasteiger partial charge in [0.2, 0.25) is 0 Å². The summed E-state index contributed by atoms with van der Waals surface area (Å²) in [6, 6.07) is 31.7. The van der Waals surface area contributed by atoms with E-state index in [2.05, 4.69) is 72.8 Å². The van der Waals surface area contributed by atoms with Crippen LogP contribution in [-0.4, -0.2) is 27.6 Å². The second-order valence-corrected chi connectivity index (χ2v) is 13.4. The number of phenols is 2. The normalized spacial score (nSPS) is 12.9. The first-order valence-electron chi connectivity index (χ1n) is 12.2. The van der Waals surface area contributed by atoms with Gasteiger partial charge in [-0.1, -0.05) is 0 Å². The fourth-order valence-electron chi connectivity index (χ4n) is 5.28. The molecule has 1 unspecified atom stereocenters. The Bertz CT molecular complexity index is 1150. The van der Waals surface area contributed by atoms with Crippen LogP contribution in [0.1, 0.15) is 28.7 Å². The maximum absolute atomic E-state index is 11.5. The van der Waals surface area contributed by atoms with E-state index in [-0.39, 0.29) is 11.5 Å². The van der Waals surface area contributed by atoms with Gasteiger partial charge in [-0.25, -0.2) is 0 Å². The summed E-state index contributed by atoms with van der Waals surface area (Å²) in [6.45, 7) is 5.47. The van der Waals surface area contributed by atoms with Gasteiger partial charge in [0.1, 0.15) is 0 Å². The van der Waals surface area contributed by atoms with Gasteiger partial charge in [-0.15, -0.1) is 0 Å². The Morgan fingerprint density at radius 1 is 0.600 bits per heavy atom. The zero-order valence-corrected chi connectivity index (χ0v) is 21.7. The molecule has 4 rings (SSSR count). The van der Waals surface area contributed by atoms with Crippen molar-refractivity contribution in [2.24, 2.45) is 0 Å². The first kappa shape index (κ1) is 25.0. The van der Waals surface area contributed by atoms with Gasteiger partial charge in [-0.05, 0) is 0 Å². The Morgan fingerprint density at radius 2 is 1.00 bits per heavy atom. The van der Waals surface area contributed by atoms with Crippen LogP contribution in [0.5, 0.6) is 11.5 Å². The van der Waals surface area contributed by atoms with Crippen molar-refractivity contribution in [3.05, 3.63) is 113 Å². The monoisotopic (exact) mass is 486 g/mol. The van der Waals surface area contributed by atoms with Gasteiger partial charge < -0.3 is 0 Å². The average molecular weight is 487 g/mol. The number of hydrogen-bond acceptors (Lipinski definition) is 3. The molecule has 4 aromatic carbocycles. The van der Waals surface area contributed by atoms with Crippen LogP contribution in [0.2, 0.25) is 0 Å². The molecule has 3 nitrogen and oxygen atoms in total. The number of aliphatic hydroxyl groups excluding tert-OH is 1. The number of rotatable bonds is 8. The standard InChI is InChI=1S/C31H35O3P/c1-22-23(2)31(34)29(24(3)30(22)33)20-19-25(32)21-35(26-13-7-4-8-14-26,27-15-9-5-10-16-27)28-17-11-6-12-18-28/h4-18,25,32-35H,19-21H2,1-3H3. The van der Waals surface area contributed by atoms with Crippen LogP contribution < -0.4 is 15.9 Å². The summed E-state index contributed by atoms with van der Waals surface area (Å²) in [5.74, 6) is 0.453. The molecule has 0 aromatic heterocycles. The first-order chi connectivity index (χ1) is 16.9. The molecule has 0 saturated heterocycles. The van der Waals surface area contributed by atoms with Crippen molar-refractivity contribution in [1.82, 2.24) is 0 Å². The first-order valence-corrected chi connectivity index (χ1v) is 14.4. The van der Waals surface area contributed by atoms with Crippen LogP contribution in [0, 0.1) is 20.8 Å². The Hall–Kier alpha value is -3.13. The number of hydrogen-bond donors (Lipinski definition) is 3. The number of benzene rings is 4. The van der Waals surface area contributed by atoms with E-state index in [1.165, 1.54) is 15.9 Å². The summed E-state index contributed by atoms with van der Waals surface area (Å²) in [7, 11) is -2.54. The molecule has 0 amide bonds. The van der Waals surface area contributed by atoms with E-state index in [9.17, 15) is 15.3 Å². The molecule has 4 aromatic rings. The predicted octanol–water partition coefficient (Wildman–Crippen LogP) is 5.04. The van der Waals surface area contributed by atoms with Crippen molar-refractivity contribution < 1.29 is 15.3 Å². The van der Waals surface area contributed by atoms with Gasteiger partial charge in [-0.3, -0.25) is 0 Å². The topological polar surface area (TPSA) is 60.7 Å². The summed E-state index contributed by atoms with van der Waals surface area (Å²) >= 11 is 0. The van der Waals surface area contributed by atoms with Crippen LogP contribution in [0.15, 0.2) is 91.0 Å². The van der Waals surface area contributed by atoms with Gasteiger partial charge in [0.15, 0.2) is 0 Å². The zero-order valence-electron chi connectivity index (χ0n) is 20.7. The molecule has 3 N–H and O–H groups in total. The van der Waals surface area contributed by atoms with Crippen LogP contribution in [-0.2, 0) is 6.42 Å². The zero-order chi connectivity index (χ0) is 25.0. The molecule has 182 valence electrons. The van der Waals surface area contributed by atoms with Gasteiger partial charge in [0.05, 0.1) is 0 Å². The van der Waals surface area contributed by atoms with Crippen molar-refractivity contribution in [3.63, 3.8) is 0 Å². The summed E-state index contributed by atoms with van der Waals surface area (Å²) < 4.78 is 0. The molecular weight excluding hydrogens is 451 g/mol. The van der Waals surface area contributed by atoms with E-state index in [1.54, 1.807) is 0 Å². The molecule has 0 aliphatic heterocycles. The van der Waals surface area contributed by atoms with Crippen molar-refractivity contribution in [2.45, 2.75) is 39.7 Å². The number of phenolic OH excluding ortho intramolecular Hbond substituents is 2. The van der Waals surface area contributed by atoms with Crippen molar-refractivity contribution in [1.29, 1.82) is 0 Å². The molecule has 0 fully saturated rings. The Balaban J connectivity index is 1.74. The fraction of sp³-hybridized carbons (Fsp3) is 0.226. The molecule has 0 aliphatic rings. The molecule has 0 bridgehead atoms. The van der Waals surface area contributed by atoms with Gasteiger partial charge >= 0.3 is 209 Å². The minimum atomic E-state index is -2.54. The number of aliphatic hydroxyl groups is 1. The van der Waals surface area contributed by atoms with Crippen molar-refractivity contribution in [3.8, 4) is 11.5 Å². The van der Waals surface area contributed by atoms with E-state index >= 15 is 0 Å². The third kappa shape index (κ3) is 4.85. The SMILES string of the molecule is Cc1c(C)c(O)c(CCC(O)C[PH](c2ccccc2)(c2ccccc2)c2ccccc2)c(C)c1O. The molecule has 4 heteroatoms. The third-order valence-corrected chi connectivity index (χ3v) is 12.5. The summed E-state index contributed by atoms with van der Waals surface area (Å²) in [5, 5.41) is 36.6. The molecule has 1 atom stereocenters. The molecule has 0 radical (unpaired) electrons. The van der Waals surface area contributed by atoms with Gasteiger partial charge in [0, 0.05) is 0 Å². The van der Waals surface area contributed by atoms with E-state index in [0.717, 1.165) is 5.56 Å². The van der Waals surface area contributed by atoms with Crippen molar-refractivity contribution in [2.75, 3.05) is 6.16 Å². The average Bonchev–Trinajstić information content (AvgIpc) is 2.91. The molecule has 0 spiro atoms.